The molecule has 1 aliphatic heterocycles. The lowest BCUT2D eigenvalue weighted by molar-refractivity contribution is -0.127. The van der Waals surface area contributed by atoms with Crippen molar-refractivity contribution in [1.82, 2.24) is 9.78 Å². The van der Waals surface area contributed by atoms with E-state index in [2.05, 4.69) is 10.4 Å². The Balaban J connectivity index is 1.89. The molecule has 1 N–H and O–H groups in total. The van der Waals surface area contributed by atoms with E-state index in [1.165, 1.54) is 0 Å². The third kappa shape index (κ3) is 3.78. The number of nitrogens with zero attached hydrogens (tertiary/aromatic N) is 2. The first kappa shape index (κ1) is 14.0. The maximum atomic E-state index is 12.1. The van der Waals surface area contributed by atoms with E-state index in [9.17, 15) is 4.79 Å². The average Bonchev–Trinajstić information content (AvgIpc) is 2.84. The molecule has 2 rings (SSSR count). The molecular formula is C13H21N3O3. The summed E-state index contributed by atoms with van der Waals surface area (Å²) < 4.78 is 12.2. The van der Waals surface area contributed by atoms with Gasteiger partial charge in [0.2, 0.25) is 5.91 Å². The average molecular weight is 267 g/mol. The molecule has 1 amide bonds. The highest BCUT2D eigenvalue weighted by Crippen LogP contribution is 2.22. The van der Waals surface area contributed by atoms with Crippen LogP contribution in [0.5, 0.6) is 0 Å². The van der Waals surface area contributed by atoms with Gasteiger partial charge in [-0.05, 0) is 19.8 Å². The van der Waals surface area contributed by atoms with Crippen LogP contribution in [-0.4, -0.2) is 42.1 Å². The molecule has 6 heteroatoms. The predicted octanol–water partition coefficient (Wildman–Crippen LogP) is 1.28. The molecule has 0 radical (unpaired) electrons. The molecule has 19 heavy (non-hydrogen) atoms. The number of amides is 1. The van der Waals surface area contributed by atoms with Crippen LogP contribution in [0.15, 0.2) is 12.4 Å². The standard InChI is InChI=1S/C13H21N3O3/c1-10-12(4-3-6-19-10)13(17)15-11-8-14-16(9-11)5-7-18-2/h8-10,12H,3-7H2,1-2H3,(H,15,17)/t10-,12+/m0/s1. The second-order valence-electron chi connectivity index (χ2n) is 4.80. The quantitative estimate of drug-likeness (QED) is 0.873. The topological polar surface area (TPSA) is 65.4 Å². The number of hydrogen-bond donors (Lipinski definition) is 1. The minimum absolute atomic E-state index is 0.0125. The van der Waals surface area contributed by atoms with Crippen molar-refractivity contribution in [2.75, 3.05) is 25.6 Å². The molecule has 6 nitrogen and oxygen atoms in total. The van der Waals surface area contributed by atoms with Crippen LogP contribution in [0.3, 0.4) is 0 Å². The van der Waals surface area contributed by atoms with Gasteiger partial charge in [-0.15, -0.1) is 0 Å². The fourth-order valence-corrected chi connectivity index (χ4v) is 2.24. The Morgan fingerprint density at radius 2 is 2.53 bits per heavy atom. The molecule has 1 saturated heterocycles. The monoisotopic (exact) mass is 267 g/mol. The molecule has 2 heterocycles. The highest BCUT2D eigenvalue weighted by molar-refractivity contribution is 5.92. The molecule has 1 aromatic rings. The SMILES string of the molecule is COCCn1cc(NC(=O)[C@@H]2CCCO[C@H]2C)cn1. The molecule has 106 valence electrons. The normalized spacial score (nSPS) is 23.3. The van der Waals surface area contributed by atoms with E-state index < -0.39 is 0 Å². The predicted molar refractivity (Wildman–Crippen MR) is 70.9 cm³/mol. The van der Waals surface area contributed by atoms with Crippen LogP contribution in [-0.2, 0) is 20.8 Å². The zero-order chi connectivity index (χ0) is 13.7. The Morgan fingerprint density at radius 1 is 1.68 bits per heavy atom. The Bertz CT molecular complexity index is 419. The minimum atomic E-state index is -0.0731. The lowest BCUT2D eigenvalue weighted by Crippen LogP contribution is -2.36. The zero-order valence-electron chi connectivity index (χ0n) is 11.5. The van der Waals surface area contributed by atoms with E-state index in [1.807, 2.05) is 13.1 Å². The van der Waals surface area contributed by atoms with E-state index in [0.717, 1.165) is 25.1 Å². The first-order valence-corrected chi connectivity index (χ1v) is 6.64. The number of ether oxygens (including phenoxy) is 2. The van der Waals surface area contributed by atoms with Gasteiger partial charge in [-0.1, -0.05) is 0 Å². The molecule has 1 aliphatic rings. The van der Waals surface area contributed by atoms with Crippen molar-refractivity contribution >= 4 is 11.6 Å². The lowest BCUT2D eigenvalue weighted by Gasteiger charge is -2.27. The summed E-state index contributed by atoms with van der Waals surface area (Å²) in [5.74, 6) is -0.0606. The van der Waals surface area contributed by atoms with Crippen molar-refractivity contribution in [3.8, 4) is 0 Å². The van der Waals surface area contributed by atoms with Gasteiger partial charge in [0.1, 0.15) is 0 Å². The van der Waals surface area contributed by atoms with Crippen molar-refractivity contribution in [3.63, 3.8) is 0 Å². The number of rotatable bonds is 5. The number of aromatic nitrogens is 2. The fraction of sp³-hybridized carbons (Fsp3) is 0.692. The van der Waals surface area contributed by atoms with Crippen LogP contribution in [0.25, 0.3) is 0 Å². The van der Waals surface area contributed by atoms with Gasteiger partial charge in [0.05, 0.1) is 37.1 Å². The van der Waals surface area contributed by atoms with Gasteiger partial charge in [-0.2, -0.15) is 5.10 Å². The largest absolute Gasteiger partial charge is 0.383 e. The number of anilines is 1. The van der Waals surface area contributed by atoms with Crippen LogP contribution in [0.4, 0.5) is 5.69 Å². The second kappa shape index (κ2) is 6.68. The highest BCUT2D eigenvalue weighted by atomic mass is 16.5. The van der Waals surface area contributed by atoms with E-state index in [0.29, 0.717) is 13.2 Å². The molecule has 0 aliphatic carbocycles. The summed E-state index contributed by atoms with van der Waals surface area (Å²) in [6.07, 6.45) is 5.27. The van der Waals surface area contributed by atoms with Crippen LogP contribution < -0.4 is 5.32 Å². The molecule has 1 fully saturated rings. The number of hydrogen-bond acceptors (Lipinski definition) is 4. The first-order chi connectivity index (χ1) is 9.20. The van der Waals surface area contributed by atoms with Crippen molar-refractivity contribution in [1.29, 1.82) is 0 Å². The maximum absolute atomic E-state index is 12.1. The number of carbonyl (C=O) groups is 1. The fourth-order valence-electron chi connectivity index (χ4n) is 2.24. The van der Waals surface area contributed by atoms with Crippen LogP contribution in [0.2, 0.25) is 0 Å². The van der Waals surface area contributed by atoms with E-state index in [4.69, 9.17) is 9.47 Å². The van der Waals surface area contributed by atoms with Crippen molar-refractivity contribution in [2.24, 2.45) is 5.92 Å². The minimum Gasteiger partial charge on any atom is -0.383 e. The van der Waals surface area contributed by atoms with Gasteiger partial charge in [0.15, 0.2) is 0 Å². The summed E-state index contributed by atoms with van der Waals surface area (Å²) in [6.45, 7) is 3.98. The third-order valence-electron chi connectivity index (χ3n) is 3.37. The molecular weight excluding hydrogens is 246 g/mol. The Kier molecular flexibility index (Phi) is 4.93. The molecule has 0 aromatic carbocycles. The van der Waals surface area contributed by atoms with Gasteiger partial charge in [-0.3, -0.25) is 9.48 Å². The molecule has 0 spiro atoms. The van der Waals surface area contributed by atoms with Gasteiger partial charge in [-0.25, -0.2) is 0 Å². The maximum Gasteiger partial charge on any atom is 0.230 e. The van der Waals surface area contributed by atoms with Crippen LogP contribution in [0.1, 0.15) is 19.8 Å². The van der Waals surface area contributed by atoms with Crippen LogP contribution in [0, 0.1) is 5.92 Å². The van der Waals surface area contributed by atoms with Gasteiger partial charge >= 0.3 is 0 Å². The Hall–Kier alpha value is -1.40. The van der Waals surface area contributed by atoms with Gasteiger partial charge in [0, 0.05) is 19.9 Å². The molecule has 0 unspecified atom stereocenters. The summed E-state index contributed by atoms with van der Waals surface area (Å²) in [5.41, 5.74) is 0.721. The summed E-state index contributed by atoms with van der Waals surface area (Å²) in [7, 11) is 1.65. The smallest absolute Gasteiger partial charge is 0.230 e. The van der Waals surface area contributed by atoms with E-state index in [1.54, 1.807) is 18.0 Å². The number of carbonyl (C=O) groups excluding carboxylic acids is 1. The summed E-state index contributed by atoms with van der Waals surface area (Å²) in [5, 5.41) is 7.06. The first-order valence-electron chi connectivity index (χ1n) is 6.64. The van der Waals surface area contributed by atoms with Crippen molar-refractivity contribution in [2.45, 2.75) is 32.4 Å². The zero-order valence-corrected chi connectivity index (χ0v) is 11.5. The van der Waals surface area contributed by atoms with Gasteiger partial charge in [0.25, 0.3) is 0 Å². The van der Waals surface area contributed by atoms with Gasteiger partial charge < -0.3 is 14.8 Å². The molecule has 2 atom stereocenters. The van der Waals surface area contributed by atoms with Crippen LogP contribution >= 0.6 is 0 Å². The Labute approximate surface area is 113 Å². The van der Waals surface area contributed by atoms with Crippen molar-refractivity contribution in [3.05, 3.63) is 12.4 Å². The number of methoxy groups -OCH3 is 1. The molecule has 0 bridgehead atoms. The van der Waals surface area contributed by atoms with E-state index >= 15 is 0 Å². The lowest BCUT2D eigenvalue weighted by atomic mass is 9.94. The van der Waals surface area contributed by atoms with Crippen molar-refractivity contribution < 1.29 is 14.3 Å². The summed E-state index contributed by atoms with van der Waals surface area (Å²) in [4.78, 5) is 12.1. The molecule has 0 saturated carbocycles. The third-order valence-corrected chi connectivity index (χ3v) is 3.37. The Morgan fingerprint density at radius 3 is 3.26 bits per heavy atom. The van der Waals surface area contributed by atoms with E-state index in [-0.39, 0.29) is 17.9 Å². The second-order valence-corrected chi connectivity index (χ2v) is 4.80. The highest BCUT2D eigenvalue weighted by Gasteiger charge is 2.28. The molecule has 1 aromatic heterocycles. The summed E-state index contributed by atoms with van der Waals surface area (Å²) in [6, 6.07) is 0. The summed E-state index contributed by atoms with van der Waals surface area (Å²) >= 11 is 0. The number of nitrogens with one attached hydrogen (secondary N) is 1.